The summed E-state index contributed by atoms with van der Waals surface area (Å²) in [5.74, 6) is 0.611. The second-order valence-corrected chi connectivity index (χ2v) is 17.7. The lowest BCUT2D eigenvalue weighted by molar-refractivity contribution is -0.127. The van der Waals surface area contributed by atoms with Crippen LogP contribution in [0.15, 0.2) is 30.5 Å². The third kappa shape index (κ3) is 5.51. The Morgan fingerprint density at radius 2 is 1.84 bits per heavy atom. The van der Waals surface area contributed by atoms with Gasteiger partial charge in [0.25, 0.3) is 5.91 Å². The van der Waals surface area contributed by atoms with Crippen LogP contribution in [0.1, 0.15) is 44.1 Å². The summed E-state index contributed by atoms with van der Waals surface area (Å²) in [5, 5.41) is 19.9. The van der Waals surface area contributed by atoms with E-state index in [2.05, 4.69) is 20.8 Å². The number of phenolic OH excluding ortho intramolecular Hbond substituents is 1. The number of halogens is 2. The third-order valence-corrected chi connectivity index (χ3v) is 12.4. The summed E-state index contributed by atoms with van der Waals surface area (Å²) in [7, 11) is -3.06. The minimum absolute atomic E-state index is 0.00309. The van der Waals surface area contributed by atoms with E-state index in [0.717, 1.165) is 38.8 Å². The molecule has 4 fully saturated rings. The summed E-state index contributed by atoms with van der Waals surface area (Å²) >= 11 is 0. The van der Waals surface area contributed by atoms with Gasteiger partial charge in [0.05, 0.1) is 28.6 Å². The SMILES string of the molecule is C#Cc1c(F)ccc2cc(O)cc(-c3ncc4c(N5CC6CC[C@H](C5)N6C(=O)C(=N)P(C)(C)=O)nc(OCC56CCCN5CCC6)nc4c3F)c12. The molecule has 11 nitrogen and oxygen atoms in total. The maximum Gasteiger partial charge on any atom is 0.319 e. The maximum absolute atomic E-state index is 17.0. The van der Waals surface area contributed by atoms with Crippen LogP contribution >= 0.6 is 7.14 Å². The number of aromatic nitrogens is 3. The average Bonchev–Trinajstić information content (AvgIpc) is 3.76. The van der Waals surface area contributed by atoms with Crippen molar-refractivity contribution in [2.24, 2.45) is 0 Å². The largest absolute Gasteiger partial charge is 0.508 e. The highest BCUT2D eigenvalue weighted by molar-refractivity contribution is 7.82. The molecular formula is C37H38F2N7O4P. The van der Waals surface area contributed by atoms with Crippen molar-refractivity contribution in [3.63, 3.8) is 0 Å². The van der Waals surface area contributed by atoms with Gasteiger partial charge < -0.3 is 24.2 Å². The van der Waals surface area contributed by atoms with Crippen LogP contribution in [0.4, 0.5) is 14.6 Å². The highest BCUT2D eigenvalue weighted by Gasteiger charge is 2.47. The number of fused-ring (bicyclic) bond motifs is 5. The topological polar surface area (TPSA) is 136 Å². The number of rotatable bonds is 7. The zero-order valence-corrected chi connectivity index (χ0v) is 29.3. The Kier molecular flexibility index (Phi) is 8.04. The van der Waals surface area contributed by atoms with Gasteiger partial charge in [-0.15, -0.1) is 6.42 Å². The normalized spacial score (nSPS) is 21.3. The first-order valence-corrected chi connectivity index (χ1v) is 19.9. The van der Waals surface area contributed by atoms with Gasteiger partial charge in [-0.1, -0.05) is 12.0 Å². The average molecular weight is 714 g/mol. The molecule has 2 bridgehead atoms. The molecule has 1 amide bonds. The van der Waals surface area contributed by atoms with E-state index in [1.165, 1.54) is 43.8 Å². The first kappa shape index (κ1) is 33.5. The van der Waals surface area contributed by atoms with E-state index in [0.29, 0.717) is 49.1 Å². The Balaban J connectivity index is 1.24. The summed E-state index contributed by atoms with van der Waals surface area (Å²) in [6.07, 6.45) is 12.7. The Morgan fingerprint density at radius 1 is 1.14 bits per heavy atom. The van der Waals surface area contributed by atoms with Crippen LogP contribution in [0.25, 0.3) is 32.9 Å². The smallest absolute Gasteiger partial charge is 0.319 e. The van der Waals surface area contributed by atoms with Crippen molar-refractivity contribution in [1.82, 2.24) is 24.8 Å². The number of aromatic hydroxyl groups is 1. The molecule has 0 aliphatic carbocycles. The number of amides is 1. The van der Waals surface area contributed by atoms with E-state index >= 15 is 4.39 Å². The summed E-state index contributed by atoms with van der Waals surface area (Å²) in [5.41, 5.74) is -0.684. The van der Waals surface area contributed by atoms with Gasteiger partial charge in [0.2, 0.25) is 0 Å². The molecule has 51 heavy (non-hydrogen) atoms. The molecule has 264 valence electrons. The number of phenols is 1. The molecule has 2 aromatic heterocycles. The number of hydrogen-bond donors (Lipinski definition) is 2. The molecule has 4 aromatic rings. The Bertz CT molecular complexity index is 2210. The van der Waals surface area contributed by atoms with Crippen molar-refractivity contribution in [2.75, 3.05) is 51.0 Å². The summed E-state index contributed by atoms with van der Waals surface area (Å²) in [4.78, 5) is 33.4. The Labute approximate surface area is 293 Å². The molecule has 4 aliphatic heterocycles. The van der Waals surface area contributed by atoms with Gasteiger partial charge in [0.1, 0.15) is 42.3 Å². The zero-order valence-electron chi connectivity index (χ0n) is 28.5. The minimum Gasteiger partial charge on any atom is -0.508 e. The van der Waals surface area contributed by atoms with Gasteiger partial charge in [-0.2, -0.15) is 9.97 Å². The summed E-state index contributed by atoms with van der Waals surface area (Å²) < 4.78 is 50.9. The summed E-state index contributed by atoms with van der Waals surface area (Å²) in [6.45, 7) is 5.91. The molecule has 0 spiro atoms. The van der Waals surface area contributed by atoms with Gasteiger partial charge in [-0.05, 0) is 88.5 Å². The maximum atomic E-state index is 17.0. The molecule has 4 saturated heterocycles. The second-order valence-electron chi connectivity index (χ2n) is 14.6. The predicted octanol–water partition coefficient (Wildman–Crippen LogP) is 5.60. The highest BCUT2D eigenvalue weighted by Crippen LogP contribution is 2.43. The molecule has 8 rings (SSSR count). The number of benzene rings is 2. The monoisotopic (exact) mass is 713 g/mol. The molecule has 4 aliphatic rings. The molecule has 6 heterocycles. The number of pyridine rings is 1. The molecule has 0 radical (unpaired) electrons. The first-order chi connectivity index (χ1) is 24.4. The van der Waals surface area contributed by atoms with E-state index in [1.807, 2.05) is 4.90 Å². The van der Waals surface area contributed by atoms with E-state index in [-0.39, 0.29) is 62.6 Å². The number of anilines is 1. The second kappa shape index (κ2) is 12.2. The summed E-state index contributed by atoms with van der Waals surface area (Å²) in [6, 6.07) is 4.88. The van der Waals surface area contributed by atoms with E-state index in [4.69, 9.17) is 21.6 Å². The van der Waals surface area contributed by atoms with Crippen LogP contribution in [0.5, 0.6) is 11.8 Å². The predicted molar refractivity (Wildman–Crippen MR) is 191 cm³/mol. The third-order valence-electron chi connectivity index (χ3n) is 11.1. The first-order valence-electron chi connectivity index (χ1n) is 17.3. The molecular weight excluding hydrogens is 675 g/mol. The number of piperazine rings is 1. The van der Waals surface area contributed by atoms with E-state index in [9.17, 15) is 18.9 Å². The molecule has 2 N–H and O–H groups in total. The molecule has 14 heteroatoms. The van der Waals surface area contributed by atoms with Crippen molar-refractivity contribution in [2.45, 2.75) is 56.1 Å². The van der Waals surface area contributed by atoms with Crippen LogP contribution in [0.2, 0.25) is 0 Å². The van der Waals surface area contributed by atoms with Crippen LogP contribution in [-0.4, -0.2) is 105 Å². The molecule has 2 aromatic carbocycles. The zero-order chi connectivity index (χ0) is 35.8. The lowest BCUT2D eigenvalue weighted by Crippen LogP contribution is -2.57. The number of carbonyl (C=O) groups excluding carboxylic acids is 1. The van der Waals surface area contributed by atoms with Crippen LogP contribution in [0, 0.1) is 29.4 Å². The van der Waals surface area contributed by atoms with Crippen LogP contribution in [0.3, 0.4) is 0 Å². The number of terminal acetylenes is 1. The minimum atomic E-state index is -3.06. The van der Waals surface area contributed by atoms with Gasteiger partial charge in [0.15, 0.2) is 11.3 Å². The molecule has 0 saturated carbocycles. The lowest BCUT2D eigenvalue weighted by Gasteiger charge is -2.42. The highest BCUT2D eigenvalue weighted by atomic mass is 31.2. The number of carbonyl (C=O) groups is 1. The van der Waals surface area contributed by atoms with Gasteiger partial charge >= 0.3 is 6.01 Å². The number of ether oxygens (including phenoxy) is 1. The van der Waals surface area contributed by atoms with E-state index < -0.39 is 24.7 Å². The quantitative estimate of drug-likeness (QED) is 0.143. The number of nitrogens with zero attached hydrogens (tertiary/aromatic N) is 6. The Hall–Kier alpha value is -4.66. The van der Waals surface area contributed by atoms with Crippen LogP contribution < -0.4 is 9.64 Å². The fraction of sp³-hybridized carbons (Fsp3) is 0.432. The fourth-order valence-electron chi connectivity index (χ4n) is 8.69. The van der Waals surface area contributed by atoms with Crippen molar-refractivity contribution in [3.8, 4) is 35.4 Å². The van der Waals surface area contributed by atoms with Crippen molar-refractivity contribution in [1.29, 1.82) is 5.41 Å². The van der Waals surface area contributed by atoms with Crippen molar-refractivity contribution in [3.05, 3.63) is 47.7 Å². The molecule has 2 atom stereocenters. The van der Waals surface area contributed by atoms with Crippen molar-refractivity contribution < 1.29 is 28.0 Å². The Morgan fingerprint density at radius 3 is 2.51 bits per heavy atom. The van der Waals surface area contributed by atoms with E-state index in [1.54, 1.807) is 4.90 Å². The van der Waals surface area contributed by atoms with Gasteiger partial charge in [-0.25, -0.2) is 8.78 Å². The van der Waals surface area contributed by atoms with Crippen LogP contribution in [-0.2, 0) is 9.36 Å². The lowest BCUT2D eigenvalue weighted by atomic mass is 9.95. The van der Waals surface area contributed by atoms with Crippen molar-refractivity contribution >= 4 is 46.0 Å². The number of nitrogens with one attached hydrogen (secondary N) is 1. The standard InChI is InChI=1S/C37H38F2N7O4P/c1-4-25-28(38)10-7-21-15-24(47)16-26(29(21)25)31-30(39)32-27(17-41-31)34(43-36(42-32)50-20-37-11-5-13-45(37)14-6-12-37)44-18-22-8-9-23(19-44)46(22)35(48)33(40)51(2,3)49/h1,7,10,15-17,22-23,40,47H,5-6,8-9,11-14,18-20H2,2-3H3/t22-,23?/m1/s1. The van der Waals surface area contributed by atoms with Gasteiger partial charge in [0, 0.05) is 30.2 Å². The van der Waals surface area contributed by atoms with Gasteiger partial charge in [-0.3, -0.25) is 20.1 Å². The molecule has 1 unspecified atom stereocenters. The number of hydrogen-bond acceptors (Lipinski definition) is 10. The fourth-order valence-corrected chi connectivity index (χ4v) is 9.26.